The zero-order valence-corrected chi connectivity index (χ0v) is 13.5. The Bertz CT molecular complexity index is 525. The Morgan fingerprint density at radius 2 is 2.10 bits per heavy atom. The van der Waals surface area contributed by atoms with Crippen molar-refractivity contribution in [1.82, 2.24) is 4.72 Å². The second kappa shape index (κ2) is 5.72. The minimum atomic E-state index is -3.62. The highest BCUT2D eigenvalue weighted by atomic mass is 32.2. The number of nitrogens with two attached hydrogens (primary N) is 1. The van der Waals surface area contributed by atoms with Crippen LogP contribution >= 0.6 is 0 Å². The van der Waals surface area contributed by atoms with E-state index < -0.39 is 26.2 Å². The molecule has 1 amide bonds. The van der Waals surface area contributed by atoms with Crippen LogP contribution in [0.4, 0.5) is 0 Å². The summed E-state index contributed by atoms with van der Waals surface area (Å²) >= 11 is 0. The Kier molecular flexibility index (Phi) is 4.49. The van der Waals surface area contributed by atoms with Crippen LogP contribution in [0.2, 0.25) is 0 Å². The molecular weight excluding hydrogens is 288 g/mol. The lowest BCUT2D eigenvalue weighted by molar-refractivity contribution is -0.121. The van der Waals surface area contributed by atoms with Crippen LogP contribution in [0.25, 0.3) is 0 Å². The second-order valence-corrected chi connectivity index (χ2v) is 8.58. The Hall–Kier alpha value is -0.880. The van der Waals surface area contributed by atoms with Gasteiger partial charge in [0.05, 0.1) is 10.3 Å². The average molecular weight is 314 g/mol. The van der Waals surface area contributed by atoms with Gasteiger partial charge in [0.2, 0.25) is 10.0 Å². The smallest absolute Gasteiger partial charge is 0.253 e. The van der Waals surface area contributed by atoms with Gasteiger partial charge in [-0.25, -0.2) is 8.42 Å². The molecule has 0 bridgehead atoms. The summed E-state index contributed by atoms with van der Waals surface area (Å²) in [5.74, 6) is -0.415. The molecule has 0 aromatic rings. The first-order chi connectivity index (χ1) is 9.81. The number of rotatable bonds is 9. The normalized spacial score (nSPS) is 29.7. The molecule has 2 rings (SSSR count). The average Bonchev–Trinajstić information content (AvgIpc) is 3.31. The van der Waals surface area contributed by atoms with E-state index in [1.165, 1.54) is 0 Å². The fourth-order valence-corrected chi connectivity index (χ4v) is 4.69. The number of unbranched alkanes of at least 4 members (excludes halogenated alkanes) is 2. The van der Waals surface area contributed by atoms with Crippen molar-refractivity contribution in [2.24, 2.45) is 11.7 Å². The molecule has 5 nitrogen and oxygen atoms in total. The lowest BCUT2D eigenvalue weighted by Gasteiger charge is -2.19. The van der Waals surface area contributed by atoms with Gasteiger partial charge in [-0.15, -0.1) is 6.58 Å². The van der Waals surface area contributed by atoms with E-state index in [2.05, 4.69) is 11.3 Å². The van der Waals surface area contributed by atoms with E-state index in [4.69, 9.17) is 5.73 Å². The molecule has 120 valence electrons. The van der Waals surface area contributed by atoms with Gasteiger partial charge in [-0.05, 0) is 44.4 Å². The SMILES string of the molecule is C=CCCCCC1(S(=O)(=O)NC(=O)[C@@]2(N)C[C@H]2CC)CC1. The van der Waals surface area contributed by atoms with E-state index in [1.54, 1.807) is 0 Å². The lowest BCUT2D eigenvalue weighted by Crippen LogP contribution is -2.50. The Morgan fingerprint density at radius 3 is 2.57 bits per heavy atom. The fourth-order valence-electron chi connectivity index (χ4n) is 2.99. The second-order valence-electron chi connectivity index (χ2n) is 6.50. The van der Waals surface area contributed by atoms with Gasteiger partial charge in [-0.3, -0.25) is 9.52 Å². The summed E-state index contributed by atoms with van der Waals surface area (Å²) in [4.78, 5) is 12.1. The highest BCUT2D eigenvalue weighted by Crippen LogP contribution is 2.48. The molecule has 0 radical (unpaired) electrons. The first-order valence-electron chi connectivity index (χ1n) is 7.78. The van der Waals surface area contributed by atoms with Crippen molar-refractivity contribution in [3.05, 3.63) is 12.7 Å². The monoisotopic (exact) mass is 314 g/mol. The zero-order chi connectivity index (χ0) is 15.7. The number of hydrogen-bond acceptors (Lipinski definition) is 4. The van der Waals surface area contributed by atoms with Crippen molar-refractivity contribution in [2.75, 3.05) is 0 Å². The van der Waals surface area contributed by atoms with Gasteiger partial charge in [0, 0.05) is 0 Å². The van der Waals surface area contributed by atoms with Crippen LogP contribution in [0, 0.1) is 5.92 Å². The van der Waals surface area contributed by atoms with Gasteiger partial charge in [0.25, 0.3) is 5.91 Å². The van der Waals surface area contributed by atoms with Crippen LogP contribution in [0.3, 0.4) is 0 Å². The molecule has 21 heavy (non-hydrogen) atoms. The predicted molar refractivity (Wildman–Crippen MR) is 83.0 cm³/mol. The number of carbonyl (C=O) groups is 1. The van der Waals surface area contributed by atoms with Gasteiger partial charge in [0.1, 0.15) is 0 Å². The third-order valence-electron chi connectivity index (χ3n) is 4.96. The summed E-state index contributed by atoms with van der Waals surface area (Å²) in [5.41, 5.74) is 5.00. The third-order valence-corrected chi connectivity index (χ3v) is 7.17. The van der Waals surface area contributed by atoms with Crippen molar-refractivity contribution >= 4 is 15.9 Å². The van der Waals surface area contributed by atoms with Gasteiger partial charge in [0.15, 0.2) is 0 Å². The number of hydrogen-bond donors (Lipinski definition) is 2. The summed E-state index contributed by atoms with van der Waals surface area (Å²) in [6.45, 7) is 5.62. The molecule has 6 heteroatoms. The molecule has 3 N–H and O–H groups in total. The summed E-state index contributed by atoms with van der Waals surface area (Å²) in [5, 5.41) is 0. The van der Waals surface area contributed by atoms with Crippen LogP contribution in [0.5, 0.6) is 0 Å². The van der Waals surface area contributed by atoms with Gasteiger partial charge < -0.3 is 5.73 Å². The van der Waals surface area contributed by atoms with Crippen molar-refractivity contribution in [3.63, 3.8) is 0 Å². The van der Waals surface area contributed by atoms with Crippen LogP contribution in [0.1, 0.15) is 58.3 Å². The van der Waals surface area contributed by atoms with Gasteiger partial charge >= 0.3 is 0 Å². The van der Waals surface area contributed by atoms with Crippen molar-refractivity contribution in [3.8, 4) is 0 Å². The van der Waals surface area contributed by atoms with Crippen LogP contribution in [-0.2, 0) is 14.8 Å². The van der Waals surface area contributed by atoms with E-state index in [1.807, 2.05) is 13.0 Å². The van der Waals surface area contributed by atoms with Crippen molar-refractivity contribution in [2.45, 2.75) is 68.6 Å². The molecule has 2 atom stereocenters. The minimum absolute atomic E-state index is 0.107. The first-order valence-corrected chi connectivity index (χ1v) is 9.26. The van der Waals surface area contributed by atoms with Crippen LogP contribution < -0.4 is 10.5 Å². The maximum absolute atomic E-state index is 12.5. The Labute approximate surface area is 127 Å². The predicted octanol–water partition coefficient (Wildman–Crippen LogP) is 1.84. The standard InChI is InChI=1S/C15H26N2O3S/c1-3-5-6-7-8-14(9-10-14)21(19,20)17-13(18)15(16)11-12(15)4-2/h3,12H,1,4-11,16H2,2H3,(H,17,18)/t12-,15-/m1/s1. The fraction of sp³-hybridized carbons (Fsp3) is 0.800. The van der Waals surface area contributed by atoms with E-state index in [9.17, 15) is 13.2 Å². The van der Waals surface area contributed by atoms with Crippen LogP contribution in [0.15, 0.2) is 12.7 Å². The van der Waals surface area contributed by atoms with E-state index in [0.717, 1.165) is 25.7 Å². The zero-order valence-electron chi connectivity index (χ0n) is 12.7. The Morgan fingerprint density at radius 1 is 1.43 bits per heavy atom. The van der Waals surface area contributed by atoms with Gasteiger partial charge in [-0.2, -0.15) is 0 Å². The van der Waals surface area contributed by atoms with E-state index in [-0.39, 0.29) is 5.92 Å². The number of sulfonamides is 1. The van der Waals surface area contributed by atoms with E-state index in [0.29, 0.717) is 25.7 Å². The summed E-state index contributed by atoms with van der Waals surface area (Å²) in [6, 6.07) is 0. The Balaban J connectivity index is 1.92. The molecule has 0 heterocycles. The minimum Gasteiger partial charge on any atom is -0.317 e. The number of amides is 1. The highest BCUT2D eigenvalue weighted by Gasteiger charge is 2.60. The van der Waals surface area contributed by atoms with Crippen molar-refractivity contribution in [1.29, 1.82) is 0 Å². The highest BCUT2D eigenvalue weighted by molar-refractivity contribution is 7.91. The number of nitrogens with one attached hydrogen (secondary N) is 1. The first kappa shape index (κ1) is 16.5. The maximum atomic E-state index is 12.5. The summed E-state index contributed by atoms with van der Waals surface area (Å²) in [7, 11) is -3.62. The molecule has 0 aromatic carbocycles. The summed E-state index contributed by atoms with van der Waals surface area (Å²) in [6.07, 6.45) is 7.78. The topological polar surface area (TPSA) is 89.3 Å². The largest absolute Gasteiger partial charge is 0.317 e. The molecule has 2 aliphatic rings. The number of carbonyl (C=O) groups excluding carboxylic acids is 1. The molecule has 2 saturated carbocycles. The molecule has 0 aromatic heterocycles. The third kappa shape index (κ3) is 3.16. The van der Waals surface area contributed by atoms with Crippen LogP contribution in [-0.4, -0.2) is 24.6 Å². The molecule has 0 saturated heterocycles. The van der Waals surface area contributed by atoms with Gasteiger partial charge in [-0.1, -0.05) is 25.8 Å². The quantitative estimate of drug-likeness (QED) is 0.502. The van der Waals surface area contributed by atoms with E-state index >= 15 is 0 Å². The van der Waals surface area contributed by atoms with Crippen molar-refractivity contribution < 1.29 is 13.2 Å². The maximum Gasteiger partial charge on any atom is 0.253 e. The molecule has 0 aliphatic heterocycles. The summed E-state index contributed by atoms with van der Waals surface area (Å²) < 4.78 is 26.4. The molecule has 0 spiro atoms. The lowest BCUT2D eigenvalue weighted by atomic mass is 10.1. The molecular formula is C15H26N2O3S. The number of allylic oxidation sites excluding steroid dienone is 1. The molecule has 2 aliphatic carbocycles. The molecule has 0 unspecified atom stereocenters. The molecule has 2 fully saturated rings.